The van der Waals surface area contributed by atoms with Crippen molar-refractivity contribution in [2.45, 2.75) is 31.5 Å². The van der Waals surface area contributed by atoms with Crippen LogP contribution in [0, 0.1) is 17.1 Å². The molecule has 1 saturated heterocycles. The van der Waals surface area contributed by atoms with Gasteiger partial charge in [-0.2, -0.15) is 10.2 Å². The van der Waals surface area contributed by atoms with E-state index in [0.29, 0.717) is 36.5 Å². The molecule has 0 spiro atoms. The number of hydrogen-bond acceptors (Lipinski definition) is 7. The van der Waals surface area contributed by atoms with Gasteiger partial charge < -0.3 is 10.2 Å². The maximum Gasteiger partial charge on any atom is 0.349 e. The number of aryl methyl sites for hydroxylation is 1. The minimum atomic E-state index is -0.355. The highest BCUT2D eigenvalue weighted by Crippen LogP contribution is 2.33. The summed E-state index contributed by atoms with van der Waals surface area (Å²) in [5, 5.41) is 12.8. The van der Waals surface area contributed by atoms with Gasteiger partial charge in [0.05, 0.1) is 17.6 Å². The number of fused-ring (bicyclic) bond motifs is 1. The minimum absolute atomic E-state index is 0.00411. The van der Waals surface area contributed by atoms with Crippen molar-refractivity contribution < 1.29 is 4.39 Å². The van der Waals surface area contributed by atoms with E-state index in [9.17, 15) is 14.4 Å². The third-order valence-electron chi connectivity index (χ3n) is 7.07. The van der Waals surface area contributed by atoms with Crippen LogP contribution in [0.5, 0.6) is 0 Å². The number of dihydropyridines is 1. The van der Waals surface area contributed by atoms with E-state index in [0.717, 1.165) is 12.0 Å². The van der Waals surface area contributed by atoms with Gasteiger partial charge >= 0.3 is 5.69 Å². The van der Waals surface area contributed by atoms with Gasteiger partial charge in [0.2, 0.25) is 0 Å². The van der Waals surface area contributed by atoms with E-state index >= 15 is 0 Å². The standard InChI is InChI=1S/C27H28FN7O/c1-3-21-17-34(26-24-23(33(2)27(36)32-26)12-11-20(16-29)31-24)14-15-35(21)25(22-6-4-5-13-30-22)18-7-9-19(28)10-8-18/h4-13,21-22,25,30H,3,14-15,17H2,1-2H3. The monoisotopic (exact) mass is 485 g/mol. The van der Waals surface area contributed by atoms with Crippen molar-refractivity contribution in [2.75, 3.05) is 24.5 Å². The van der Waals surface area contributed by atoms with Crippen LogP contribution in [0.25, 0.3) is 11.0 Å². The molecule has 3 unspecified atom stereocenters. The largest absolute Gasteiger partial charge is 0.383 e. The fraction of sp³-hybridized carbons (Fsp3) is 0.333. The van der Waals surface area contributed by atoms with Gasteiger partial charge in [0.15, 0.2) is 5.82 Å². The smallest absolute Gasteiger partial charge is 0.349 e. The zero-order valence-corrected chi connectivity index (χ0v) is 20.3. The van der Waals surface area contributed by atoms with Gasteiger partial charge in [-0.3, -0.25) is 9.47 Å². The first-order valence-electron chi connectivity index (χ1n) is 12.1. The summed E-state index contributed by atoms with van der Waals surface area (Å²) in [5.74, 6) is 0.259. The molecular weight excluding hydrogens is 457 g/mol. The number of rotatable bonds is 5. The molecule has 4 heterocycles. The van der Waals surface area contributed by atoms with Crippen LogP contribution in [0.15, 0.2) is 65.6 Å². The van der Waals surface area contributed by atoms with Crippen LogP contribution in [0.3, 0.4) is 0 Å². The van der Waals surface area contributed by atoms with Gasteiger partial charge in [0, 0.05) is 32.7 Å². The SMILES string of the molecule is CCC1CN(c2nc(=O)n(C)c3ccc(C#N)nc23)CCN1C(c1ccc(F)cc1)C1C=CC=CN1. The highest BCUT2D eigenvalue weighted by Gasteiger charge is 2.36. The Labute approximate surface area is 209 Å². The molecule has 3 atom stereocenters. The molecular formula is C27H28FN7O. The van der Waals surface area contributed by atoms with E-state index in [2.05, 4.69) is 44.2 Å². The van der Waals surface area contributed by atoms with Crippen LogP contribution in [0.1, 0.15) is 30.6 Å². The van der Waals surface area contributed by atoms with Gasteiger partial charge in [-0.15, -0.1) is 0 Å². The molecule has 0 amide bonds. The van der Waals surface area contributed by atoms with Crippen LogP contribution in [-0.2, 0) is 7.05 Å². The Bertz CT molecular complexity index is 1420. The zero-order valence-electron chi connectivity index (χ0n) is 20.3. The Morgan fingerprint density at radius 2 is 1.97 bits per heavy atom. The van der Waals surface area contributed by atoms with Crippen LogP contribution in [-0.4, -0.2) is 51.2 Å². The Balaban J connectivity index is 1.51. The van der Waals surface area contributed by atoms with Crippen molar-refractivity contribution in [1.29, 1.82) is 5.26 Å². The topological polar surface area (TPSA) is 90.1 Å². The van der Waals surface area contributed by atoms with Crippen LogP contribution in [0.2, 0.25) is 0 Å². The Morgan fingerprint density at radius 3 is 2.67 bits per heavy atom. The van der Waals surface area contributed by atoms with E-state index < -0.39 is 0 Å². The van der Waals surface area contributed by atoms with Crippen molar-refractivity contribution in [1.82, 2.24) is 24.8 Å². The summed E-state index contributed by atoms with van der Waals surface area (Å²) in [6.07, 6.45) is 8.94. The molecule has 0 radical (unpaired) electrons. The summed E-state index contributed by atoms with van der Waals surface area (Å²) in [7, 11) is 1.66. The van der Waals surface area contributed by atoms with Gasteiger partial charge in [0.1, 0.15) is 23.1 Å². The fourth-order valence-corrected chi connectivity index (χ4v) is 5.21. The van der Waals surface area contributed by atoms with E-state index in [1.54, 1.807) is 19.2 Å². The highest BCUT2D eigenvalue weighted by atomic mass is 19.1. The quantitative estimate of drug-likeness (QED) is 0.594. The zero-order chi connectivity index (χ0) is 25.2. The highest BCUT2D eigenvalue weighted by molar-refractivity contribution is 5.86. The number of allylic oxidation sites excluding steroid dienone is 2. The molecule has 3 aromatic rings. The molecule has 2 aromatic heterocycles. The van der Waals surface area contributed by atoms with Crippen molar-refractivity contribution in [3.05, 3.63) is 88.4 Å². The first-order valence-corrected chi connectivity index (χ1v) is 12.1. The molecule has 5 rings (SSSR count). The van der Waals surface area contributed by atoms with E-state index in [1.807, 2.05) is 30.5 Å². The van der Waals surface area contributed by atoms with Crippen molar-refractivity contribution in [2.24, 2.45) is 7.05 Å². The van der Waals surface area contributed by atoms with Gasteiger partial charge in [-0.1, -0.05) is 31.2 Å². The molecule has 0 aliphatic carbocycles. The Hall–Kier alpha value is -4.03. The molecule has 1 N–H and O–H groups in total. The number of nitrogens with zero attached hydrogens (tertiary/aromatic N) is 6. The molecule has 0 saturated carbocycles. The summed E-state index contributed by atoms with van der Waals surface area (Å²) >= 11 is 0. The molecule has 8 nitrogen and oxygen atoms in total. The molecule has 2 aliphatic rings. The molecule has 1 fully saturated rings. The number of halogens is 1. The summed E-state index contributed by atoms with van der Waals surface area (Å²) in [5.41, 5.74) is 2.17. The molecule has 9 heteroatoms. The summed E-state index contributed by atoms with van der Waals surface area (Å²) < 4.78 is 15.2. The van der Waals surface area contributed by atoms with Gasteiger partial charge in [0.25, 0.3) is 0 Å². The summed E-state index contributed by atoms with van der Waals surface area (Å²) in [6.45, 7) is 4.14. The third kappa shape index (κ3) is 4.36. The lowest BCUT2D eigenvalue weighted by atomic mass is 9.93. The number of nitrogens with one attached hydrogen (secondary N) is 1. The van der Waals surface area contributed by atoms with Crippen LogP contribution >= 0.6 is 0 Å². The van der Waals surface area contributed by atoms with Crippen molar-refractivity contribution in [3.8, 4) is 6.07 Å². The number of anilines is 1. The second-order valence-electron chi connectivity index (χ2n) is 9.13. The molecule has 36 heavy (non-hydrogen) atoms. The molecule has 0 bridgehead atoms. The number of nitriles is 1. The lowest BCUT2D eigenvalue weighted by Gasteiger charge is -2.47. The molecule has 184 valence electrons. The fourth-order valence-electron chi connectivity index (χ4n) is 5.21. The van der Waals surface area contributed by atoms with E-state index in [4.69, 9.17) is 0 Å². The van der Waals surface area contributed by atoms with Crippen LogP contribution < -0.4 is 15.9 Å². The number of benzene rings is 1. The van der Waals surface area contributed by atoms with Gasteiger partial charge in [-0.25, -0.2) is 14.2 Å². The first kappa shape index (κ1) is 23.7. The Kier molecular flexibility index (Phi) is 6.53. The van der Waals surface area contributed by atoms with Crippen molar-refractivity contribution in [3.63, 3.8) is 0 Å². The Morgan fingerprint density at radius 1 is 1.17 bits per heavy atom. The number of piperazine rings is 1. The third-order valence-corrected chi connectivity index (χ3v) is 7.07. The number of aromatic nitrogens is 3. The normalized spacial score (nSPS) is 20.8. The maximum atomic E-state index is 13.7. The van der Waals surface area contributed by atoms with E-state index in [-0.39, 0.29) is 35.3 Å². The average Bonchev–Trinajstić information content (AvgIpc) is 2.92. The number of hydrogen-bond donors (Lipinski definition) is 1. The molecule has 2 aliphatic heterocycles. The first-order chi connectivity index (χ1) is 17.5. The second kappa shape index (κ2) is 9.91. The predicted molar refractivity (Wildman–Crippen MR) is 137 cm³/mol. The maximum absolute atomic E-state index is 13.7. The lowest BCUT2D eigenvalue weighted by Crippen LogP contribution is -2.57. The summed E-state index contributed by atoms with van der Waals surface area (Å²) in [4.78, 5) is 26.1. The summed E-state index contributed by atoms with van der Waals surface area (Å²) in [6, 6.07) is 12.4. The molecule has 1 aromatic carbocycles. The van der Waals surface area contributed by atoms with Crippen molar-refractivity contribution >= 4 is 16.9 Å². The van der Waals surface area contributed by atoms with Crippen LogP contribution in [0.4, 0.5) is 10.2 Å². The minimum Gasteiger partial charge on any atom is -0.383 e. The van der Waals surface area contributed by atoms with Gasteiger partial charge in [-0.05, 0) is 48.5 Å². The average molecular weight is 486 g/mol. The van der Waals surface area contributed by atoms with E-state index in [1.165, 1.54) is 16.7 Å². The lowest BCUT2D eigenvalue weighted by molar-refractivity contribution is 0.101. The number of pyridine rings is 1. The predicted octanol–water partition coefficient (Wildman–Crippen LogP) is 3.02. The second-order valence-corrected chi connectivity index (χ2v) is 9.13.